The Bertz CT molecular complexity index is 702. The topological polar surface area (TPSA) is 33.2 Å². The van der Waals surface area contributed by atoms with Gasteiger partial charge in [0.15, 0.2) is 0 Å². The first-order valence-corrected chi connectivity index (χ1v) is 10.1. The molecular weight excluding hydrogens is 320 g/mol. The summed E-state index contributed by atoms with van der Waals surface area (Å²) in [6.45, 7) is 1.75. The number of aromatic nitrogens is 1. The Hall–Kier alpha value is -2.16. The number of likely N-dealkylation sites (tertiary alicyclic amines) is 1. The molecule has 4 rings (SSSR count). The van der Waals surface area contributed by atoms with Gasteiger partial charge < -0.3 is 4.90 Å². The lowest BCUT2D eigenvalue weighted by atomic mass is 9.82. The van der Waals surface area contributed by atoms with Crippen molar-refractivity contribution in [3.8, 4) is 0 Å². The van der Waals surface area contributed by atoms with Crippen molar-refractivity contribution in [2.45, 2.75) is 50.4 Å². The Kier molecular flexibility index (Phi) is 5.33. The van der Waals surface area contributed by atoms with E-state index in [0.717, 1.165) is 25.9 Å². The maximum absolute atomic E-state index is 13.4. The van der Waals surface area contributed by atoms with Crippen LogP contribution >= 0.6 is 0 Å². The highest BCUT2D eigenvalue weighted by Crippen LogP contribution is 2.39. The van der Waals surface area contributed by atoms with E-state index in [0.29, 0.717) is 17.7 Å². The third-order valence-corrected chi connectivity index (χ3v) is 6.28. The minimum absolute atomic E-state index is 0.0520. The predicted molar refractivity (Wildman–Crippen MR) is 104 cm³/mol. The molecule has 1 saturated heterocycles. The second-order valence-electron chi connectivity index (χ2n) is 7.81. The Balaban J connectivity index is 1.47. The molecule has 2 aliphatic rings. The van der Waals surface area contributed by atoms with Gasteiger partial charge in [-0.2, -0.15) is 0 Å². The Morgan fingerprint density at radius 1 is 0.923 bits per heavy atom. The van der Waals surface area contributed by atoms with Crippen molar-refractivity contribution < 1.29 is 4.79 Å². The van der Waals surface area contributed by atoms with Crippen molar-refractivity contribution in [2.75, 3.05) is 13.1 Å². The highest BCUT2D eigenvalue weighted by molar-refractivity contribution is 5.84. The van der Waals surface area contributed by atoms with E-state index in [4.69, 9.17) is 0 Å². The summed E-state index contributed by atoms with van der Waals surface area (Å²) < 4.78 is 0. The largest absolute Gasteiger partial charge is 0.342 e. The van der Waals surface area contributed by atoms with E-state index < -0.39 is 0 Å². The van der Waals surface area contributed by atoms with Crippen molar-refractivity contribution in [3.05, 3.63) is 66.0 Å². The molecule has 136 valence electrons. The van der Waals surface area contributed by atoms with Crippen LogP contribution in [0.1, 0.15) is 61.5 Å². The van der Waals surface area contributed by atoms with Gasteiger partial charge in [0.25, 0.3) is 0 Å². The summed E-state index contributed by atoms with van der Waals surface area (Å²) in [6, 6.07) is 14.7. The summed E-state index contributed by atoms with van der Waals surface area (Å²) in [5, 5.41) is 0. The van der Waals surface area contributed by atoms with E-state index in [1.54, 1.807) is 0 Å². The molecule has 2 heterocycles. The third-order valence-electron chi connectivity index (χ3n) is 6.28. The first-order chi connectivity index (χ1) is 12.8. The van der Waals surface area contributed by atoms with E-state index in [1.807, 2.05) is 18.5 Å². The first kappa shape index (κ1) is 17.3. The molecule has 1 atom stereocenters. The lowest BCUT2D eigenvalue weighted by Crippen LogP contribution is -2.42. The fourth-order valence-corrected chi connectivity index (χ4v) is 4.83. The lowest BCUT2D eigenvalue weighted by Gasteiger charge is -2.36. The molecule has 0 spiro atoms. The van der Waals surface area contributed by atoms with Crippen LogP contribution in [-0.4, -0.2) is 28.9 Å². The number of pyridine rings is 1. The quantitative estimate of drug-likeness (QED) is 0.798. The van der Waals surface area contributed by atoms with Gasteiger partial charge in [0.2, 0.25) is 5.91 Å². The zero-order valence-corrected chi connectivity index (χ0v) is 15.4. The van der Waals surface area contributed by atoms with Gasteiger partial charge in [0.1, 0.15) is 0 Å². The monoisotopic (exact) mass is 348 g/mol. The molecular formula is C23H28N2O. The molecule has 1 aliphatic heterocycles. The van der Waals surface area contributed by atoms with Gasteiger partial charge in [-0.25, -0.2) is 0 Å². The van der Waals surface area contributed by atoms with Crippen LogP contribution in [0.15, 0.2) is 54.9 Å². The number of nitrogens with zero attached hydrogens (tertiary/aromatic N) is 2. The summed E-state index contributed by atoms with van der Waals surface area (Å²) in [5.41, 5.74) is 2.57. The summed E-state index contributed by atoms with van der Waals surface area (Å²) >= 11 is 0. The second kappa shape index (κ2) is 8.03. The number of piperidine rings is 1. The zero-order valence-electron chi connectivity index (χ0n) is 15.4. The molecule has 1 aromatic heterocycles. The number of amides is 1. The molecule has 0 N–H and O–H groups in total. The lowest BCUT2D eigenvalue weighted by molar-refractivity contribution is -0.135. The van der Waals surface area contributed by atoms with Gasteiger partial charge in [-0.05, 0) is 60.8 Å². The average Bonchev–Trinajstić information content (AvgIpc) is 3.24. The fraction of sp³-hybridized carbons (Fsp3) is 0.478. The van der Waals surface area contributed by atoms with Crippen LogP contribution in [0.3, 0.4) is 0 Å². The molecule has 1 saturated carbocycles. The van der Waals surface area contributed by atoms with E-state index in [-0.39, 0.29) is 5.92 Å². The molecule has 0 unspecified atom stereocenters. The number of hydrogen-bond donors (Lipinski definition) is 0. The molecule has 0 radical (unpaired) electrons. The minimum Gasteiger partial charge on any atom is -0.342 e. The summed E-state index contributed by atoms with van der Waals surface area (Å²) in [6.07, 6.45) is 10.8. The maximum Gasteiger partial charge on any atom is 0.230 e. The van der Waals surface area contributed by atoms with Gasteiger partial charge in [0.05, 0.1) is 5.92 Å². The number of rotatable bonds is 4. The number of carbonyl (C=O) groups excluding carboxylic acids is 1. The SMILES string of the molecule is O=C([C@H](c1ccccc1)C1CCCC1)N1CCC(c2ccncc2)CC1. The second-order valence-corrected chi connectivity index (χ2v) is 7.81. The minimum atomic E-state index is 0.0520. The van der Waals surface area contributed by atoms with Gasteiger partial charge in [-0.1, -0.05) is 43.2 Å². The number of hydrogen-bond acceptors (Lipinski definition) is 2. The third kappa shape index (κ3) is 3.67. The molecule has 1 aliphatic carbocycles. The molecule has 3 nitrogen and oxygen atoms in total. The van der Waals surface area contributed by atoms with Crippen LogP contribution in [-0.2, 0) is 4.79 Å². The van der Waals surface area contributed by atoms with Crippen molar-refractivity contribution in [1.82, 2.24) is 9.88 Å². The van der Waals surface area contributed by atoms with Crippen LogP contribution < -0.4 is 0 Å². The molecule has 26 heavy (non-hydrogen) atoms. The first-order valence-electron chi connectivity index (χ1n) is 10.1. The van der Waals surface area contributed by atoms with Crippen LogP contribution in [0.25, 0.3) is 0 Å². The van der Waals surface area contributed by atoms with Crippen LogP contribution in [0.5, 0.6) is 0 Å². The summed E-state index contributed by atoms with van der Waals surface area (Å²) in [7, 11) is 0. The zero-order chi connectivity index (χ0) is 17.8. The number of benzene rings is 1. The molecule has 1 amide bonds. The average molecular weight is 348 g/mol. The Labute approximate surface area is 156 Å². The van der Waals surface area contributed by atoms with E-state index in [1.165, 1.54) is 36.8 Å². The van der Waals surface area contributed by atoms with Crippen molar-refractivity contribution in [1.29, 1.82) is 0 Å². The molecule has 2 fully saturated rings. The summed E-state index contributed by atoms with van der Waals surface area (Å²) in [4.78, 5) is 19.7. The molecule has 3 heteroatoms. The van der Waals surface area contributed by atoms with Crippen molar-refractivity contribution >= 4 is 5.91 Å². The standard InChI is InChI=1S/C23H28N2O/c26-23(22(21-8-4-5-9-21)20-6-2-1-3-7-20)25-16-12-19(13-17-25)18-10-14-24-15-11-18/h1-3,6-7,10-11,14-15,19,21-22H,4-5,8-9,12-13,16-17H2/t22-/m1/s1. The molecule has 2 aromatic rings. The van der Waals surface area contributed by atoms with Crippen molar-refractivity contribution in [2.24, 2.45) is 5.92 Å². The van der Waals surface area contributed by atoms with E-state index in [2.05, 4.69) is 46.3 Å². The molecule has 1 aromatic carbocycles. The van der Waals surface area contributed by atoms with Gasteiger partial charge in [-0.15, -0.1) is 0 Å². The fourth-order valence-electron chi connectivity index (χ4n) is 4.83. The normalized spacial score (nSPS) is 20.2. The number of carbonyl (C=O) groups is 1. The Morgan fingerprint density at radius 3 is 2.23 bits per heavy atom. The predicted octanol–water partition coefficient (Wildman–Crippen LogP) is 4.76. The van der Waals surface area contributed by atoms with Crippen molar-refractivity contribution in [3.63, 3.8) is 0 Å². The highest BCUT2D eigenvalue weighted by atomic mass is 16.2. The highest BCUT2D eigenvalue weighted by Gasteiger charge is 2.35. The van der Waals surface area contributed by atoms with E-state index >= 15 is 0 Å². The van der Waals surface area contributed by atoms with E-state index in [9.17, 15) is 4.79 Å². The van der Waals surface area contributed by atoms with Gasteiger partial charge in [0, 0.05) is 25.5 Å². The Morgan fingerprint density at radius 2 is 1.58 bits per heavy atom. The molecule has 0 bridgehead atoms. The van der Waals surface area contributed by atoms with Crippen LogP contribution in [0.4, 0.5) is 0 Å². The summed E-state index contributed by atoms with van der Waals surface area (Å²) in [5.74, 6) is 1.49. The van der Waals surface area contributed by atoms with Gasteiger partial charge in [-0.3, -0.25) is 9.78 Å². The van der Waals surface area contributed by atoms with Gasteiger partial charge >= 0.3 is 0 Å². The van der Waals surface area contributed by atoms with Crippen LogP contribution in [0, 0.1) is 5.92 Å². The maximum atomic E-state index is 13.4. The smallest absolute Gasteiger partial charge is 0.230 e. The van der Waals surface area contributed by atoms with Crippen LogP contribution in [0.2, 0.25) is 0 Å².